The number of nitrogens with one attached hydrogen (secondary N) is 2. The van der Waals surface area contributed by atoms with Crippen LogP contribution in [0, 0.1) is 0 Å². The van der Waals surface area contributed by atoms with E-state index in [9.17, 15) is 0 Å². The minimum absolute atomic E-state index is 0. The summed E-state index contributed by atoms with van der Waals surface area (Å²) < 4.78 is 7.42. The Bertz CT molecular complexity index is 861. The number of aryl methyl sites for hydroxylation is 1. The van der Waals surface area contributed by atoms with E-state index in [4.69, 9.17) is 4.74 Å². The molecule has 2 aromatic rings. The first-order valence-corrected chi connectivity index (χ1v) is 10.4. The molecule has 1 aliphatic rings. The van der Waals surface area contributed by atoms with Crippen LogP contribution in [0.1, 0.15) is 57.2 Å². The molecule has 0 spiro atoms. The summed E-state index contributed by atoms with van der Waals surface area (Å²) in [5, 5.41) is 11.7. The zero-order valence-electron chi connectivity index (χ0n) is 18.9. The molecule has 166 valence electrons. The third-order valence-corrected chi connectivity index (χ3v) is 5.50. The molecule has 0 fully saturated rings. The lowest BCUT2D eigenvalue weighted by Gasteiger charge is -2.29. The van der Waals surface area contributed by atoms with E-state index < -0.39 is 0 Å². The molecular formula is C22H35IN6O. The SMILES string of the molecule is CN=C(NCC(C)(C)c1cccc(OC)c1)NC1CCc2nc(C(C)C)nn2C1.I. The highest BCUT2D eigenvalue weighted by molar-refractivity contribution is 14.0. The summed E-state index contributed by atoms with van der Waals surface area (Å²) in [5.74, 6) is 4.08. The van der Waals surface area contributed by atoms with E-state index in [1.165, 1.54) is 5.56 Å². The number of nitrogens with zero attached hydrogens (tertiary/aromatic N) is 4. The molecule has 2 heterocycles. The second kappa shape index (κ2) is 10.5. The van der Waals surface area contributed by atoms with Crippen LogP contribution in [0.2, 0.25) is 0 Å². The van der Waals surface area contributed by atoms with Crippen LogP contribution in [-0.4, -0.2) is 47.5 Å². The average molecular weight is 526 g/mol. The Labute approximate surface area is 197 Å². The molecule has 7 nitrogen and oxygen atoms in total. The highest BCUT2D eigenvalue weighted by Gasteiger charge is 2.25. The molecule has 8 heteroatoms. The molecule has 0 radical (unpaired) electrons. The lowest BCUT2D eigenvalue weighted by atomic mass is 9.84. The maximum absolute atomic E-state index is 5.37. The van der Waals surface area contributed by atoms with Crippen molar-refractivity contribution in [1.29, 1.82) is 0 Å². The Kier molecular flexibility index (Phi) is 8.52. The van der Waals surface area contributed by atoms with Gasteiger partial charge in [0.15, 0.2) is 11.8 Å². The number of hydrogen-bond donors (Lipinski definition) is 2. The topological polar surface area (TPSA) is 76.4 Å². The summed E-state index contributed by atoms with van der Waals surface area (Å²) in [4.78, 5) is 9.09. The lowest BCUT2D eigenvalue weighted by molar-refractivity contribution is 0.389. The molecule has 0 bridgehead atoms. The molecule has 0 aliphatic carbocycles. The zero-order valence-corrected chi connectivity index (χ0v) is 21.2. The van der Waals surface area contributed by atoms with E-state index in [0.717, 1.165) is 49.3 Å². The normalized spacial score (nSPS) is 16.6. The van der Waals surface area contributed by atoms with Gasteiger partial charge in [0.2, 0.25) is 0 Å². The van der Waals surface area contributed by atoms with Crippen molar-refractivity contribution < 1.29 is 4.74 Å². The monoisotopic (exact) mass is 526 g/mol. The minimum atomic E-state index is -0.0655. The summed E-state index contributed by atoms with van der Waals surface area (Å²) in [5.41, 5.74) is 1.16. The average Bonchev–Trinajstić information content (AvgIpc) is 3.15. The quantitative estimate of drug-likeness (QED) is 0.343. The van der Waals surface area contributed by atoms with Crippen LogP contribution < -0.4 is 15.4 Å². The van der Waals surface area contributed by atoms with Crippen LogP contribution in [-0.2, 0) is 18.4 Å². The fourth-order valence-corrected chi connectivity index (χ4v) is 3.53. The molecule has 0 amide bonds. The van der Waals surface area contributed by atoms with Gasteiger partial charge in [-0.15, -0.1) is 24.0 Å². The van der Waals surface area contributed by atoms with Gasteiger partial charge < -0.3 is 15.4 Å². The zero-order chi connectivity index (χ0) is 21.0. The van der Waals surface area contributed by atoms with Gasteiger partial charge in [-0.3, -0.25) is 4.99 Å². The molecule has 0 saturated carbocycles. The molecule has 1 atom stereocenters. The molecular weight excluding hydrogens is 491 g/mol. The van der Waals surface area contributed by atoms with Gasteiger partial charge in [0, 0.05) is 37.4 Å². The van der Waals surface area contributed by atoms with Crippen molar-refractivity contribution in [2.24, 2.45) is 4.99 Å². The Hall–Kier alpha value is -1.84. The Balaban J connectivity index is 0.00000320. The van der Waals surface area contributed by atoms with Crippen molar-refractivity contribution in [3.8, 4) is 5.75 Å². The molecule has 1 aliphatic heterocycles. The number of methoxy groups -OCH3 is 1. The Morgan fingerprint density at radius 3 is 2.80 bits per heavy atom. The van der Waals surface area contributed by atoms with Gasteiger partial charge in [-0.2, -0.15) is 5.10 Å². The second-order valence-electron chi connectivity index (χ2n) is 8.64. The lowest BCUT2D eigenvalue weighted by Crippen LogP contribution is -2.49. The number of halogens is 1. The minimum Gasteiger partial charge on any atom is -0.497 e. The van der Waals surface area contributed by atoms with Gasteiger partial charge >= 0.3 is 0 Å². The van der Waals surface area contributed by atoms with E-state index in [1.54, 1.807) is 7.11 Å². The largest absolute Gasteiger partial charge is 0.497 e. The molecule has 30 heavy (non-hydrogen) atoms. The van der Waals surface area contributed by atoms with E-state index in [0.29, 0.717) is 5.92 Å². The van der Waals surface area contributed by atoms with Crippen molar-refractivity contribution in [1.82, 2.24) is 25.4 Å². The molecule has 1 unspecified atom stereocenters. The van der Waals surface area contributed by atoms with Crippen molar-refractivity contribution in [3.05, 3.63) is 41.5 Å². The van der Waals surface area contributed by atoms with Crippen LogP contribution in [0.15, 0.2) is 29.3 Å². The predicted molar refractivity (Wildman–Crippen MR) is 132 cm³/mol. The summed E-state index contributed by atoms with van der Waals surface area (Å²) in [6.07, 6.45) is 1.96. The van der Waals surface area contributed by atoms with E-state index in [-0.39, 0.29) is 35.4 Å². The van der Waals surface area contributed by atoms with Gasteiger partial charge in [-0.05, 0) is 24.1 Å². The number of fused-ring (bicyclic) bond motifs is 1. The standard InChI is InChI=1S/C22H34N6O.HI/c1-15(2)20-26-19-11-10-17(13-28(19)27-20)25-21(23-5)24-14-22(3,4)16-8-7-9-18(12-16)29-6;/h7-9,12,15,17H,10-11,13-14H2,1-6H3,(H2,23,24,25);1H. The number of hydrogen-bond acceptors (Lipinski definition) is 4. The van der Waals surface area contributed by atoms with Crippen LogP contribution in [0.5, 0.6) is 5.75 Å². The van der Waals surface area contributed by atoms with Crippen molar-refractivity contribution >= 4 is 29.9 Å². The van der Waals surface area contributed by atoms with Crippen molar-refractivity contribution in [2.45, 2.75) is 64.5 Å². The van der Waals surface area contributed by atoms with Crippen molar-refractivity contribution in [3.63, 3.8) is 0 Å². The molecule has 0 saturated heterocycles. The second-order valence-corrected chi connectivity index (χ2v) is 8.64. The maximum atomic E-state index is 5.37. The van der Waals surface area contributed by atoms with Crippen LogP contribution in [0.3, 0.4) is 0 Å². The number of ether oxygens (including phenoxy) is 1. The fourth-order valence-electron chi connectivity index (χ4n) is 3.53. The van der Waals surface area contributed by atoms with Gasteiger partial charge in [0.1, 0.15) is 11.6 Å². The first-order chi connectivity index (χ1) is 13.8. The van der Waals surface area contributed by atoms with Crippen LogP contribution in [0.25, 0.3) is 0 Å². The third-order valence-electron chi connectivity index (χ3n) is 5.50. The van der Waals surface area contributed by atoms with E-state index >= 15 is 0 Å². The summed E-state index contributed by atoms with van der Waals surface area (Å²) in [6, 6.07) is 8.53. The number of guanidine groups is 1. The van der Waals surface area contributed by atoms with E-state index in [1.807, 2.05) is 23.9 Å². The highest BCUT2D eigenvalue weighted by atomic mass is 127. The number of aliphatic imine (C=N–C) groups is 1. The first-order valence-electron chi connectivity index (χ1n) is 10.4. The molecule has 2 N–H and O–H groups in total. The van der Waals surface area contributed by atoms with Gasteiger partial charge in [-0.1, -0.05) is 39.8 Å². The molecule has 1 aromatic heterocycles. The van der Waals surface area contributed by atoms with Gasteiger partial charge in [0.05, 0.1) is 13.7 Å². The van der Waals surface area contributed by atoms with E-state index in [2.05, 4.69) is 65.5 Å². The Morgan fingerprint density at radius 1 is 1.37 bits per heavy atom. The summed E-state index contributed by atoms with van der Waals surface area (Å²) in [7, 11) is 3.51. The third kappa shape index (κ3) is 5.86. The summed E-state index contributed by atoms with van der Waals surface area (Å²) >= 11 is 0. The predicted octanol–water partition coefficient (Wildman–Crippen LogP) is 3.49. The summed E-state index contributed by atoms with van der Waals surface area (Å²) in [6.45, 7) is 10.3. The first kappa shape index (κ1) is 24.4. The van der Waals surface area contributed by atoms with Gasteiger partial charge in [-0.25, -0.2) is 9.67 Å². The van der Waals surface area contributed by atoms with Crippen LogP contribution >= 0.6 is 24.0 Å². The smallest absolute Gasteiger partial charge is 0.191 e. The number of rotatable bonds is 6. The molecule has 3 rings (SSSR count). The highest BCUT2D eigenvalue weighted by Crippen LogP contribution is 2.25. The van der Waals surface area contributed by atoms with Crippen LogP contribution in [0.4, 0.5) is 0 Å². The fraction of sp³-hybridized carbons (Fsp3) is 0.591. The number of benzene rings is 1. The van der Waals surface area contributed by atoms with Gasteiger partial charge in [0.25, 0.3) is 0 Å². The Morgan fingerprint density at radius 2 is 2.13 bits per heavy atom. The maximum Gasteiger partial charge on any atom is 0.191 e. The molecule has 1 aromatic carbocycles. The van der Waals surface area contributed by atoms with Crippen molar-refractivity contribution in [2.75, 3.05) is 20.7 Å². The number of aromatic nitrogens is 3.